The number of aliphatic hydroxyl groups is 1. The molecule has 0 atom stereocenters. The highest BCUT2D eigenvalue weighted by atomic mass is 16.3. The summed E-state index contributed by atoms with van der Waals surface area (Å²) in [7, 11) is 0. The van der Waals surface area contributed by atoms with Crippen molar-refractivity contribution in [1.82, 2.24) is 4.98 Å². The molecular weight excluding hydrogens is 194 g/mol. The lowest BCUT2D eigenvalue weighted by molar-refractivity contribution is -0.112. The third kappa shape index (κ3) is 2.63. The molecule has 1 aromatic heterocycles. The van der Waals surface area contributed by atoms with E-state index in [1.54, 1.807) is 6.92 Å². The van der Waals surface area contributed by atoms with Gasteiger partial charge in [0.15, 0.2) is 5.78 Å². The lowest BCUT2D eigenvalue weighted by atomic mass is 10.1. The normalized spacial score (nSPS) is 10.9. The van der Waals surface area contributed by atoms with Crippen LogP contribution in [0.2, 0.25) is 0 Å². The topological polar surface area (TPSA) is 70.4 Å². The van der Waals surface area contributed by atoms with Gasteiger partial charge in [-0.3, -0.25) is 9.78 Å². The molecule has 0 bridgehead atoms. The Kier molecular flexibility index (Phi) is 3.57. The predicted molar refractivity (Wildman–Crippen MR) is 56.3 cm³/mol. The molecule has 0 saturated carbocycles. The quantitative estimate of drug-likeness (QED) is 0.730. The van der Waals surface area contributed by atoms with Crippen molar-refractivity contribution < 1.29 is 15.0 Å². The van der Waals surface area contributed by atoms with E-state index in [-0.39, 0.29) is 18.1 Å². The molecule has 1 rings (SSSR count). The number of aromatic hydroxyl groups is 1. The summed E-state index contributed by atoms with van der Waals surface area (Å²) in [6.07, 6.45) is 4.31. The average Bonchev–Trinajstić information content (AvgIpc) is 2.20. The third-order valence-electron chi connectivity index (χ3n) is 2.01. The molecule has 0 aliphatic rings. The Bertz CT molecular complexity index is 411. The molecule has 15 heavy (non-hydrogen) atoms. The molecule has 1 aromatic rings. The Labute approximate surface area is 87.9 Å². The van der Waals surface area contributed by atoms with Gasteiger partial charge in [-0.15, -0.1) is 0 Å². The largest absolute Gasteiger partial charge is 0.505 e. The lowest BCUT2D eigenvalue weighted by Crippen LogP contribution is -1.94. The number of carbonyl (C=O) groups is 1. The van der Waals surface area contributed by atoms with Crippen LogP contribution >= 0.6 is 0 Å². The van der Waals surface area contributed by atoms with E-state index in [0.717, 1.165) is 0 Å². The summed E-state index contributed by atoms with van der Waals surface area (Å²) < 4.78 is 0. The number of ketones is 1. The van der Waals surface area contributed by atoms with Gasteiger partial charge in [-0.25, -0.2) is 0 Å². The number of rotatable bonds is 3. The summed E-state index contributed by atoms with van der Waals surface area (Å²) >= 11 is 0. The van der Waals surface area contributed by atoms with Crippen LogP contribution in [0.1, 0.15) is 23.7 Å². The molecular formula is C11H13NO3. The zero-order chi connectivity index (χ0) is 11.4. The van der Waals surface area contributed by atoms with Gasteiger partial charge in [0.1, 0.15) is 5.75 Å². The van der Waals surface area contributed by atoms with Crippen LogP contribution in [0.25, 0.3) is 6.08 Å². The van der Waals surface area contributed by atoms with Gasteiger partial charge in [-0.05, 0) is 26.0 Å². The summed E-state index contributed by atoms with van der Waals surface area (Å²) in [5.74, 6) is -0.119. The second kappa shape index (κ2) is 4.70. The van der Waals surface area contributed by atoms with Crippen molar-refractivity contribution in [3.8, 4) is 5.75 Å². The Hall–Kier alpha value is -1.68. The first kappa shape index (κ1) is 11.4. The minimum Gasteiger partial charge on any atom is -0.505 e. The second-order valence-electron chi connectivity index (χ2n) is 3.23. The minimum atomic E-state index is -0.224. The van der Waals surface area contributed by atoms with Crippen LogP contribution in [-0.4, -0.2) is 21.0 Å². The first-order valence-corrected chi connectivity index (χ1v) is 4.53. The number of allylic oxidation sites excluding steroid dienone is 1. The molecule has 2 N–H and O–H groups in total. The first-order chi connectivity index (χ1) is 7.06. The number of hydrogen-bond acceptors (Lipinski definition) is 4. The van der Waals surface area contributed by atoms with Crippen molar-refractivity contribution in [3.63, 3.8) is 0 Å². The molecule has 0 aliphatic heterocycles. The number of nitrogens with zero attached hydrogens (tertiary/aromatic N) is 1. The van der Waals surface area contributed by atoms with Crippen LogP contribution in [0.15, 0.2) is 12.3 Å². The van der Waals surface area contributed by atoms with Crippen molar-refractivity contribution in [1.29, 1.82) is 0 Å². The average molecular weight is 207 g/mol. The number of aliphatic hydroxyl groups excluding tert-OH is 1. The SMILES string of the molecule is CC(=O)C=Cc1c(CO)cnc(C)c1O. The maximum absolute atomic E-state index is 10.8. The highest BCUT2D eigenvalue weighted by molar-refractivity contribution is 5.92. The number of aromatic nitrogens is 1. The van der Waals surface area contributed by atoms with Crippen LogP contribution < -0.4 is 0 Å². The van der Waals surface area contributed by atoms with Crippen LogP contribution in [0.3, 0.4) is 0 Å². The molecule has 0 saturated heterocycles. The summed E-state index contributed by atoms with van der Waals surface area (Å²) in [5, 5.41) is 18.7. The molecule has 0 spiro atoms. The number of carbonyl (C=O) groups excluding carboxylic acids is 1. The highest BCUT2D eigenvalue weighted by Crippen LogP contribution is 2.25. The molecule has 0 amide bonds. The van der Waals surface area contributed by atoms with E-state index in [4.69, 9.17) is 5.11 Å². The fraction of sp³-hybridized carbons (Fsp3) is 0.273. The van der Waals surface area contributed by atoms with Crippen molar-refractivity contribution in [2.75, 3.05) is 0 Å². The molecule has 0 fully saturated rings. The van der Waals surface area contributed by atoms with Crippen molar-refractivity contribution in [3.05, 3.63) is 29.1 Å². The number of pyridine rings is 1. The monoisotopic (exact) mass is 207 g/mol. The zero-order valence-electron chi connectivity index (χ0n) is 8.69. The fourth-order valence-electron chi connectivity index (χ4n) is 1.17. The zero-order valence-corrected chi connectivity index (χ0v) is 8.69. The van der Waals surface area contributed by atoms with E-state index in [1.165, 1.54) is 25.3 Å². The molecule has 80 valence electrons. The molecule has 0 radical (unpaired) electrons. The van der Waals surface area contributed by atoms with Crippen LogP contribution in [0.5, 0.6) is 5.75 Å². The van der Waals surface area contributed by atoms with Gasteiger partial charge in [0.05, 0.1) is 12.3 Å². The van der Waals surface area contributed by atoms with Crippen molar-refractivity contribution >= 4 is 11.9 Å². The predicted octanol–water partition coefficient (Wildman–Crippen LogP) is 1.19. The fourth-order valence-corrected chi connectivity index (χ4v) is 1.17. The Morgan fingerprint density at radius 2 is 2.27 bits per heavy atom. The third-order valence-corrected chi connectivity index (χ3v) is 2.01. The van der Waals surface area contributed by atoms with Gasteiger partial charge in [-0.2, -0.15) is 0 Å². The Balaban J connectivity index is 3.23. The molecule has 0 unspecified atom stereocenters. The lowest BCUT2D eigenvalue weighted by Gasteiger charge is -2.06. The molecule has 1 heterocycles. The highest BCUT2D eigenvalue weighted by Gasteiger charge is 2.08. The molecule has 4 heteroatoms. The maximum atomic E-state index is 10.8. The summed E-state index contributed by atoms with van der Waals surface area (Å²) in [6, 6.07) is 0. The van der Waals surface area contributed by atoms with Crippen molar-refractivity contribution in [2.45, 2.75) is 20.5 Å². The maximum Gasteiger partial charge on any atom is 0.152 e. The van der Waals surface area contributed by atoms with Gasteiger partial charge in [0.25, 0.3) is 0 Å². The van der Waals surface area contributed by atoms with Crippen LogP contribution in [0, 0.1) is 6.92 Å². The summed E-state index contributed by atoms with van der Waals surface area (Å²) in [4.78, 5) is 14.7. The molecule has 0 aromatic carbocycles. The molecule has 0 aliphatic carbocycles. The standard InChI is InChI=1S/C11H13NO3/c1-7(14)3-4-10-9(6-13)5-12-8(2)11(10)15/h3-5,13,15H,6H2,1-2H3. The minimum absolute atomic E-state index is 0.000880. The molecule has 4 nitrogen and oxygen atoms in total. The van der Waals surface area contributed by atoms with Gasteiger partial charge < -0.3 is 10.2 Å². The van der Waals surface area contributed by atoms with Gasteiger partial charge in [0, 0.05) is 17.3 Å². The van der Waals surface area contributed by atoms with Crippen molar-refractivity contribution in [2.24, 2.45) is 0 Å². The second-order valence-corrected chi connectivity index (χ2v) is 3.23. The van der Waals surface area contributed by atoms with Crippen LogP contribution in [0.4, 0.5) is 0 Å². The Morgan fingerprint density at radius 1 is 1.60 bits per heavy atom. The first-order valence-electron chi connectivity index (χ1n) is 4.53. The van der Waals surface area contributed by atoms with E-state index >= 15 is 0 Å². The van der Waals surface area contributed by atoms with Gasteiger partial charge in [0.2, 0.25) is 0 Å². The summed E-state index contributed by atoms with van der Waals surface area (Å²) in [6.45, 7) is 2.85. The van der Waals surface area contributed by atoms with E-state index in [0.29, 0.717) is 16.8 Å². The van der Waals surface area contributed by atoms with Crippen LogP contribution in [-0.2, 0) is 11.4 Å². The Morgan fingerprint density at radius 3 is 2.80 bits per heavy atom. The smallest absolute Gasteiger partial charge is 0.152 e. The van der Waals surface area contributed by atoms with E-state index in [1.807, 2.05) is 0 Å². The summed E-state index contributed by atoms with van der Waals surface area (Å²) in [5.41, 5.74) is 1.41. The number of aryl methyl sites for hydroxylation is 1. The van der Waals surface area contributed by atoms with E-state index in [2.05, 4.69) is 4.98 Å². The van der Waals surface area contributed by atoms with Gasteiger partial charge >= 0.3 is 0 Å². The number of hydrogen-bond donors (Lipinski definition) is 2. The van der Waals surface area contributed by atoms with Gasteiger partial charge in [-0.1, -0.05) is 0 Å². The van der Waals surface area contributed by atoms with E-state index < -0.39 is 0 Å². The van der Waals surface area contributed by atoms with E-state index in [9.17, 15) is 9.90 Å².